The summed E-state index contributed by atoms with van der Waals surface area (Å²) in [6.45, 7) is 1.61. The highest BCUT2D eigenvalue weighted by molar-refractivity contribution is 7.18. The highest BCUT2D eigenvalue weighted by Crippen LogP contribution is 2.34. The van der Waals surface area contributed by atoms with Crippen molar-refractivity contribution in [2.75, 3.05) is 18.6 Å². The van der Waals surface area contributed by atoms with E-state index >= 15 is 0 Å². The van der Waals surface area contributed by atoms with Crippen LogP contribution in [0.2, 0.25) is 0 Å². The number of methoxy groups -OCH3 is 1. The van der Waals surface area contributed by atoms with Gasteiger partial charge in [0.1, 0.15) is 10.6 Å². The molecule has 0 unspecified atom stereocenters. The monoisotopic (exact) mass is 358 g/mol. The Kier molecular flexibility index (Phi) is 3.99. The van der Waals surface area contributed by atoms with Crippen molar-refractivity contribution in [3.05, 3.63) is 45.8 Å². The first-order chi connectivity index (χ1) is 11.7. The second kappa shape index (κ2) is 6.29. The Morgan fingerprint density at radius 3 is 3.00 bits per heavy atom. The second-order valence-corrected chi connectivity index (χ2v) is 7.42. The Bertz CT molecular complexity index is 875. The summed E-state index contributed by atoms with van der Waals surface area (Å²) in [5, 5.41) is 10.3. The van der Waals surface area contributed by atoms with Crippen LogP contribution in [0.3, 0.4) is 0 Å². The van der Waals surface area contributed by atoms with Crippen LogP contribution in [-0.2, 0) is 17.7 Å². The van der Waals surface area contributed by atoms with Crippen LogP contribution >= 0.6 is 22.7 Å². The molecule has 0 radical (unpaired) electrons. The van der Waals surface area contributed by atoms with Crippen LogP contribution in [0.1, 0.15) is 20.1 Å². The van der Waals surface area contributed by atoms with E-state index in [1.807, 2.05) is 24.3 Å². The van der Waals surface area contributed by atoms with Crippen molar-refractivity contribution < 1.29 is 9.53 Å². The van der Waals surface area contributed by atoms with Crippen LogP contribution in [0.4, 0.5) is 5.13 Å². The standard InChI is InChI=1S/C16H14N4O2S2/c1-22-15(21)12-8-10-5-7-20(9-13(10)23-12)16-19-18-14(24-16)11-4-2-3-6-17-11/h2-4,6,8H,5,7,9H2,1H3. The van der Waals surface area contributed by atoms with Gasteiger partial charge in [-0.05, 0) is 30.2 Å². The molecule has 0 N–H and O–H groups in total. The third-order valence-corrected chi connectivity index (χ3v) is 5.99. The predicted molar refractivity (Wildman–Crippen MR) is 93.6 cm³/mol. The lowest BCUT2D eigenvalue weighted by atomic mass is 10.1. The van der Waals surface area contributed by atoms with Crippen molar-refractivity contribution in [3.63, 3.8) is 0 Å². The molecule has 1 aliphatic heterocycles. The van der Waals surface area contributed by atoms with E-state index in [9.17, 15) is 4.79 Å². The van der Waals surface area contributed by atoms with Gasteiger partial charge >= 0.3 is 5.97 Å². The molecule has 0 aliphatic carbocycles. The van der Waals surface area contributed by atoms with E-state index in [0.29, 0.717) is 4.88 Å². The highest BCUT2D eigenvalue weighted by Gasteiger charge is 2.24. The van der Waals surface area contributed by atoms with Crippen LogP contribution in [0.25, 0.3) is 10.7 Å². The summed E-state index contributed by atoms with van der Waals surface area (Å²) in [4.78, 5) is 20.1. The zero-order valence-electron chi connectivity index (χ0n) is 12.9. The molecule has 1 aliphatic rings. The van der Waals surface area contributed by atoms with E-state index in [2.05, 4.69) is 20.1 Å². The van der Waals surface area contributed by atoms with E-state index in [1.54, 1.807) is 6.20 Å². The molecule has 0 bridgehead atoms. The summed E-state index contributed by atoms with van der Waals surface area (Å²) < 4.78 is 4.81. The summed E-state index contributed by atoms with van der Waals surface area (Å²) in [7, 11) is 1.41. The number of fused-ring (bicyclic) bond motifs is 1. The number of carbonyl (C=O) groups is 1. The van der Waals surface area contributed by atoms with Gasteiger partial charge in [-0.3, -0.25) is 4.98 Å². The quantitative estimate of drug-likeness (QED) is 0.671. The Balaban J connectivity index is 1.56. The first-order valence-corrected chi connectivity index (χ1v) is 9.07. The Morgan fingerprint density at radius 2 is 2.21 bits per heavy atom. The molecule has 6 nitrogen and oxygen atoms in total. The van der Waals surface area contributed by atoms with Gasteiger partial charge in [-0.15, -0.1) is 21.5 Å². The first kappa shape index (κ1) is 15.2. The van der Waals surface area contributed by atoms with Gasteiger partial charge in [0.15, 0.2) is 5.01 Å². The van der Waals surface area contributed by atoms with Gasteiger partial charge in [0.25, 0.3) is 0 Å². The molecule has 3 aromatic heterocycles. The molecule has 3 aromatic rings. The zero-order chi connectivity index (χ0) is 16.5. The molecular weight excluding hydrogens is 344 g/mol. The normalized spacial score (nSPS) is 13.6. The maximum atomic E-state index is 11.7. The molecule has 0 amide bonds. The number of rotatable bonds is 3. The topological polar surface area (TPSA) is 68.2 Å². The number of carbonyl (C=O) groups excluding carboxylic acids is 1. The Hall–Kier alpha value is -2.32. The molecular formula is C16H14N4O2S2. The lowest BCUT2D eigenvalue weighted by Crippen LogP contribution is -2.29. The van der Waals surface area contributed by atoms with Crippen molar-refractivity contribution in [1.29, 1.82) is 0 Å². The summed E-state index contributed by atoms with van der Waals surface area (Å²) in [5.41, 5.74) is 2.06. The number of thiophene rings is 1. The van der Waals surface area contributed by atoms with Gasteiger partial charge in [-0.1, -0.05) is 17.4 Å². The Morgan fingerprint density at radius 1 is 1.29 bits per heavy atom. The lowest BCUT2D eigenvalue weighted by Gasteiger charge is -2.25. The van der Waals surface area contributed by atoms with E-state index in [4.69, 9.17) is 4.74 Å². The van der Waals surface area contributed by atoms with Crippen LogP contribution in [-0.4, -0.2) is 34.8 Å². The molecule has 0 atom stereocenters. The summed E-state index contributed by atoms with van der Waals surface area (Å²) in [6, 6.07) is 7.70. The first-order valence-electron chi connectivity index (χ1n) is 7.44. The smallest absolute Gasteiger partial charge is 0.348 e. The molecule has 0 spiro atoms. The van der Waals surface area contributed by atoms with Gasteiger partial charge in [0.05, 0.1) is 13.7 Å². The van der Waals surface area contributed by atoms with Gasteiger partial charge in [-0.2, -0.15) is 0 Å². The molecule has 4 rings (SSSR count). The predicted octanol–water partition coefficient (Wildman–Crippen LogP) is 3.01. The minimum Gasteiger partial charge on any atom is -0.465 e. The van der Waals surface area contributed by atoms with Gasteiger partial charge in [0.2, 0.25) is 5.13 Å². The van der Waals surface area contributed by atoms with E-state index < -0.39 is 0 Å². The number of nitrogens with zero attached hydrogens (tertiary/aromatic N) is 4. The number of anilines is 1. The summed E-state index contributed by atoms with van der Waals surface area (Å²) in [5.74, 6) is -0.269. The van der Waals surface area contributed by atoms with Crippen molar-refractivity contribution in [3.8, 4) is 10.7 Å². The molecule has 0 aromatic carbocycles. The third kappa shape index (κ3) is 2.78. The van der Waals surface area contributed by atoms with Gasteiger partial charge < -0.3 is 9.64 Å². The molecule has 4 heterocycles. The fourth-order valence-corrected chi connectivity index (χ4v) is 4.61. The molecule has 8 heteroatoms. The average Bonchev–Trinajstić information content (AvgIpc) is 3.28. The number of ether oxygens (including phenoxy) is 1. The maximum Gasteiger partial charge on any atom is 0.348 e. The average molecular weight is 358 g/mol. The summed E-state index contributed by atoms with van der Waals surface area (Å²) in [6.07, 6.45) is 2.64. The molecule has 24 heavy (non-hydrogen) atoms. The zero-order valence-corrected chi connectivity index (χ0v) is 14.6. The second-order valence-electron chi connectivity index (χ2n) is 5.33. The van der Waals surface area contributed by atoms with E-state index in [-0.39, 0.29) is 5.97 Å². The fraction of sp³-hybridized carbons (Fsp3) is 0.250. The van der Waals surface area contributed by atoms with Crippen LogP contribution in [0.5, 0.6) is 0 Å². The van der Waals surface area contributed by atoms with E-state index in [1.165, 1.54) is 40.2 Å². The molecule has 0 fully saturated rings. The van der Waals surface area contributed by atoms with Crippen LogP contribution in [0, 0.1) is 0 Å². The van der Waals surface area contributed by atoms with Gasteiger partial charge in [-0.25, -0.2) is 4.79 Å². The summed E-state index contributed by atoms with van der Waals surface area (Å²) >= 11 is 3.04. The van der Waals surface area contributed by atoms with Crippen LogP contribution in [0.15, 0.2) is 30.5 Å². The molecule has 0 saturated heterocycles. The largest absolute Gasteiger partial charge is 0.465 e. The molecule has 122 valence electrons. The number of pyridine rings is 1. The van der Waals surface area contributed by atoms with E-state index in [0.717, 1.165) is 35.3 Å². The number of hydrogen-bond donors (Lipinski definition) is 0. The van der Waals surface area contributed by atoms with Crippen molar-refractivity contribution in [2.24, 2.45) is 0 Å². The number of hydrogen-bond acceptors (Lipinski definition) is 8. The molecule has 0 saturated carbocycles. The van der Waals surface area contributed by atoms with Crippen molar-refractivity contribution in [2.45, 2.75) is 13.0 Å². The SMILES string of the molecule is COC(=O)c1cc2c(s1)CN(c1nnc(-c3ccccn3)s1)CC2. The fourth-order valence-electron chi connectivity index (χ4n) is 2.62. The lowest BCUT2D eigenvalue weighted by molar-refractivity contribution is 0.0606. The Labute approximate surface area is 146 Å². The number of esters is 1. The highest BCUT2D eigenvalue weighted by atomic mass is 32.1. The van der Waals surface area contributed by atoms with Crippen molar-refractivity contribution in [1.82, 2.24) is 15.2 Å². The minimum absolute atomic E-state index is 0.269. The number of aromatic nitrogens is 3. The maximum absolute atomic E-state index is 11.7. The third-order valence-electron chi connectivity index (χ3n) is 3.84. The van der Waals surface area contributed by atoms with Crippen LogP contribution < -0.4 is 4.90 Å². The minimum atomic E-state index is -0.269. The van der Waals surface area contributed by atoms with Gasteiger partial charge in [0, 0.05) is 17.6 Å². The van der Waals surface area contributed by atoms with Crippen molar-refractivity contribution >= 4 is 33.8 Å².